The summed E-state index contributed by atoms with van der Waals surface area (Å²) in [5.41, 5.74) is -4.07. The second-order valence-corrected chi connectivity index (χ2v) is 7.44. The lowest BCUT2D eigenvalue weighted by atomic mass is 10.1. The van der Waals surface area contributed by atoms with E-state index in [9.17, 15) is 35.9 Å². The number of hydrogen-bond donors (Lipinski definition) is 1. The molecule has 0 spiro atoms. The fraction of sp³-hybridized carbons (Fsp3) is 0.526. The van der Waals surface area contributed by atoms with Crippen LogP contribution >= 0.6 is 0 Å². The number of ether oxygens (including phenoxy) is 1. The monoisotopic (exact) mass is 494 g/mol. The van der Waals surface area contributed by atoms with Crippen molar-refractivity contribution < 1.29 is 35.9 Å². The number of H-pyrrole nitrogens is 1. The fourth-order valence-electron chi connectivity index (χ4n) is 3.33. The van der Waals surface area contributed by atoms with Gasteiger partial charge in [-0.3, -0.25) is 9.59 Å². The van der Waals surface area contributed by atoms with Gasteiger partial charge in [-0.2, -0.15) is 31.4 Å². The Bertz CT molecular complexity index is 1060. The number of halogens is 6. The highest BCUT2D eigenvalue weighted by molar-refractivity contribution is 5.76. The minimum absolute atomic E-state index is 0.0364. The van der Waals surface area contributed by atoms with Crippen LogP contribution in [-0.2, 0) is 28.5 Å². The van der Waals surface area contributed by atoms with Gasteiger partial charge < -0.3 is 14.5 Å². The van der Waals surface area contributed by atoms with Crippen LogP contribution in [0.1, 0.15) is 28.8 Å². The summed E-state index contributed by atoms with van der Waals surface area (Å²) >= 11 is 0. The lowest BCUT2D eigenvalue weighted by molar-refractivity contribution is -0.139. The summed E-state index contributed by atoms with van der Waals surface area (Å²) in [6.45, 7) is 1.93. The molecule has 3 heterocycles. The van der Waals surface area contributed by atoms with Crippen LogP contribution in [0.5, 0.6) is 0 Å². The summed E-state index contributed by atoms with van der Waals surface area (Å²) in [6.07, 6.45) is -8.00. The van der Waals surface area contributed by atoms with E-state index in [0.29, 0.717) is 38.6 Å². The fourth-order valence-corrected chi connectivity index (χ4v) is 3.33. The van der Waals surface area contributed by atoms with Gasteiger partial charge in [0.25, 0.3) is 5.56 Å². The van der Waals surface area contributed by atoms with E-state index in [2.05, 4.69) is 15.1 Å². The van der Waals surface area contributed by atoms with Crippen molar-refractivity contribution in [1.29, 1.82) is 0 Å². The highest BCUT2D eigenvalue weighted by atomic mass is 19.4. The number of carbonyl (C=O) groups excluding carboxylic acids is 1. The zero-order valence-corrected chi connectivity index (χ0v) is 17.8. The average Bonchev–Trinajstić information content (AvgIpc) is 2.76. The summed E-state index contributed by atoms with van der Waals surface area (Å²) in [4.78, 5) is 34.4. The molecule has 34 heavy (non-hydrogen) atoms. The van der Waals surface area contributed by atoms with Crippen LogP contribution in [0, 0.1) is 6.92 Å². The van der Waals surface area contributed by atoms with E-state index in [0.717, 1.165) is 6.92 Å². The molecule has 2 aromatic heterocycles. The minimum atomic E-state index is -4.83. The number of rotatable bonds is 6. The van der Waals surface area contributed by atoms with Gasteiger partial charge in [-0.1, -0.05) is 0 Å². The number of piperazine rings is 1. The highest BCUT2D eigenvalue weighted by Crippen LogP contribution is 2.30. The number of alkyl halides is 6. The molecule has 0 unspecified atom stereocenters. The Hall–Kier alpha value is -3.23. The smallest absolute Gasteiger partial charge is 0.375 e. The molecule has 3 rings (SSSR count). The van der Waals surface area contributed by atoms with Crippen LogP contribution in [-0.4, -0.2) is 63.8 Å². The van der Waals surface area contributed by atoms with Crippen LogP contribution < -0.4 is 10.5 Å². The van der Waals surface area contributed by atoms with Crippen molar-refractivity contribution in [2.75, 3.05) is 37.7 Å². The quantitative estimate of drug-likeness (QED) is 0.485. The maximum Gasteiger partial charge on any atom is 0.422 e. The van der Waals surface area contributed by atoms with E-state index in [-0.39, 0.29) is 42.7 Å². The largest absolute Gasteiger partial charge is 0.422 e. The van der Waals surface area contributed by atoms with Crippen molar-refractivity contribution in [2.45, 2.75) is 32.3 Å². The predicted molar refractivity (Wildman–Crippen MR) is 105 cm³/mol. The molecule has 0 radical (unpaired) electrons. The molecule has 0 aliphatic carbocycles. The predicted octanol–water partition coefficient (Wildman–Crippen LogP) is 2.16. The van der Waals surface area contributed by atoms with Gasteiger partial charge in [-0.15, -0.1) is 0 Å². The highest BCUT2D eigenvalue weighted by Gasteiger charge is 2.37. The van der Waals surface area contributed by atoms with Gasteiger partial charge >= 0.3 is 12.4 Å². The molecule has 0 atom stereocenters. The molecular formula is C19H20F6N6O3. The molecule has 1 amide bonds. The van der Waals surface area contributed by atoms with Gasteiger partial charge in [0.15, 0.2) is 0 Å². The number of nitrogens with zero attached hydrogens (tertiary/aromatic N) is 5. The van der Waals surface area contributed by atoms with Crippen LogP contribution in [0.2, 0.25) is 0 Å². The SMILES string of the molecule is Cc1c(COCCC(=O)N2CCN(c3ncc(C(F)(F)F)cn3)CC2)n[nH]c(=O)c1C(F)(F)F. The lowest BCUT2D eigenvalue weighted by Gasteiger charge is -2.34. The zero-order valence-electron chi connectivity index (χ0n) is 17.8. The number of carbonyl (C=O) groups is 1. The summed E-state index contributed by atoms with van der Waals surface area (Å²) in [7, 11) is 0. The zero-order chi connectivity index (χ0) is 25.1. The van der Waals surface area contributed by atoms with Gasteiger partial charge in [-0.05, 0) is 12.5 Å². The summed E-state index contributed by atoms with van der Waals surface area (Å²) in [6, 6.07) is 0. The molecule has 9 nitrogen and oxygen atoms in total. The van der Waals surface area contributed by atoms with Gasteiger partial charge in [0.05, 0.1) is 30.9 Å². The number of aromatic amines is 1. The third kappa shape index (κ3) is 6.01. The Morgan fingerprint density at radius 3 is 2.24 bits per heavy atom. The maximum absolute atomic E-state index is 13.0. The molecule has 1 aliphatic rings. The Kier molecular flexibility index (Phi) is 7.43. The molecule has 15 heteroatoms. The van der Waals surface area contributed by atoms with Crippen molar-refractivity contribution in [2.24, 2.45) is 0 Å². The van der Waals surface area contributed by atoms with E-state index < -0.39 is 29.0 Å². The molecule has 0 aromatic carbocycles. The second-order valence-electron chi connectivity index (χ2n) is 7.44. The van der Waals surface area contributed by atoms with Crippen LogP contribution in [0.4, 0.5) is 32.3 Å². The minimum Gasteiger partial charge on any atom is -0.375 e. The number of amides is 1. The van der Waals surface area contributed by atoms with Gasteiger partial charge in [0, 0.05) is 38.6 Å². The Balaban J connectivity index is 1.45. The normalized spacial score (nSPS) is 15.0. The van der Waals surface area contributed by atoms with E-state index in [1.54, 1.807) is 10.00 Å². The van der Waals surface area contributed by atoms with Crippen LogP contribution in [0.15, 0.2) is 17.2 Å². The number of nitrogens with one attached hydrogen (secondary N) is 1. The number of aromatic nitrogens is 4. The van der Waals surface area contributed by atoms with Crippen molar-refractivity contribution >= 4 is 11.9 Å². The Labute approximate surface area is 188 Å². The van der Waals surface area contributed by atoms with Crippen LogP contribution in [0.3, 0.4) is 0 Å². The van der Waals surface area contributed by atoms with E-state index >= 15 is 0 Å². The molecule has 1 fully saturated rings. The molecule has 186 valence electrons. The third-order valence-corrected chi connectivity index (χ3v) is 5.19. The molecular weight excluding hydrogens is 474 g/mol. The first kappa shape index (κ1) is 25.4. The number of hydrogen-bond acceptors (Lipinski definition) is 7. The lowest BCUT2D eigenvalue weighted by Crippen LogP contribution is -2.49. The Morgan fingerprint density at radius 2 is 1.68 bits per heavy atom. The van der Waals surface area contributed by atoms with Gasteiger partial charge in [0.1, 0.15) is 5.56 Å². The summed E-state index contributed by atoms with van der Waals surface area (Å²) in [5, 5.41) is 5.37. The molecule has 1 saturated heterocycles. The molecule has 0 saturated carbocycles. The van der Waals surface area contributed by atoms with E-state index in [4.69, 9.17) is 4.74 Å². The van der Waals surface area contributed by atoms with E-state index in [1.165, 1.54) is 4.90 Å². The maximum atomic E-state index is 13.0. The summed E-state index contributed by atoms with van der Waals surface area (Å²) < 4.78 is 82.1. The van der Waals surface area contributed by atoms with Crippen molar-refractivity contribution in [3.8, 4) is 0 Å². The first-order valence-corrected chi connectivity index (χ1v) is 10.0. The van der Waals surface area contributed by atoms with Crippen molar-refractivity contribution in [3.63, 3.8) is 0 Å². The van der Waals surface area contributed by atoms with Crippen molar-refractivity contribution in [3.05, 3.63) is 45.1 Å². The first-order chi connectivity index (χ1) is 15.9. The molecule has 2 aromatic rings. The topological polar surface area (TPSA) is 104 Å². The summed E-state index contributed by atoms with van der Waals surface area (Å²) in [5.74, 6) is -0.124. The van der Waals surface area contributed by atoms with Gasteiger partial charge in [-0.25, -0.2) is 15.1 Å². The van der Waals surface area contributed by atoms with Crippen LogP contribution in [0.25, 0.3) is 0 Å². The molecule has 0 bridgehead atoms. The second kappa shape index (κ2) is 9.95. The van der Waals surface area contributed by atoms with Gasteiger partial charge in [0.2, 0.25) is 11.9 Å². The standard InChI is InChI=1S/C19H20F6N6O3/c1-11-13(28-29-16(33)15(11)19(23,24)25)10-34-7-2-14(32)30-3-5-31(6-4-30)17-26-8-12(9-27-17)18(20,21)22/h8-9H,2-7,10H2,1H3,(H,29,33). The van der Waals surface area contributed by atoms with Crippen molar-refractivity contribution in [1.82, 2.24) is 25.1 Å². The first-order valence-electron chi connectivity index (χ1n) is 10.0. The third-order valence-electron chi connectivity index (χ3n) is 5.19. The average molecular weight is 494 g/mol. The Morgan fingerprint density at radius 1 is 1.06 bits per heavy atom. The van der Waals surface area contributed by atoms with E-state index in [1.807, 2.05) is 0 Å². The number of anilines is 1. The molecule has 1 N–H and O–H groups in total. The molecule has 1 aliphatic heterocycles.